The van der Waals surface area contributed by atoms with Crippen LogP contribution in [0.3, 0.4) is 0 Å². The Morgan fingerprint density at radius 3 is 2.24 bits per heavy atom. The summed E-state index contributed by atoms with van der Waals surface area (Å²) in [4.78, 5) is 12.0. The van der Waals surface area contributed by atoms with Gasteiger partial charge in [0.1, 0.15) is 5.75 Å². The van der Waals surface area contributed by atoms with Gasteiger partial charge in [0.25, 0.3) is 0 Å². The van der Waals surface area contributed by atoms with Crippen LogP contribution in [0.25, 0.3) is 0 Å². The third-order valence-corrected chi connectivity index (χ3v) is 9.55. The number of hydrogen-bond acceptors (Lipinski definition) is 3. The van der Waals surface area contributed by atoms with Crippen LogP contribution in [0.5, 0.6) is 5.75 Å². The van der Waals surface area contributed by atoms with Gasteiger partial charge >= 0.3 is 5.97 Å². The number of esters is 1. The van der Waals surface area contributed by atoms with E-state index in [9.17, 15) is 4.79 Å². The number of carbonyl (C=O) groups is 1. The Hall–Kier alpha value is -1.33. The molecule has 0 aliphatic heterocycles. The number of benzene rings is 2. The Morgan fingerprint density at radius 1 is 0.970 bits per heavy atom. The van der Waals surface area contributed by atoms with Gasteiger partial charge in [-0.2, -0.15) is 0 Å². The molecule has 3 fully saturated rings. The van der Waals surface area contributed by atoms with Gasteiger partial charge in [-0.15, -0.1) is 0 Å². The Labute approximate surface area is 213 Å². The second-order valence-corrected chi connectivity index (χ2v) is 11.9. The number of ether oxygens (including phenoxy) is 2. The summed E-state index contributed by atoms with van der Waals surface area (Å²) in [5.74, 6) is 2.70. The molecule has 0 saturated heterocycles. The monoisotopic (exact) mass is 574 g/mol. The maximum atomic E-state index is 12.0. The van der Waals surface area contributed by atoms with Gasteiger partial charge < -0.3 is 9.47 Å². The van der Waals surface area contributed by atoms with Crippen LogP contribution in [-0.2, 0) is 10.2 Å². The summed E-state index contributed by atoms with van der Waals surface area (Å²) in [5, 5.41) is 0. The fourth-order valence-corrected chi connectivity index (χ4v) is 8.15. The number of hydrogen-bond donors (Lipinski definition) is 0. The van der Waals surface area contributed by atoms with Gasteiger partial charge in [-0.1, -0.05) is 37.8 Å². The summed E-state index contributed by atoms with van der Waals surface area (Å²) in [6, 6.07) is 12.7. The summed E-state index contributed by atoms with van der Waals surface area (Å²) in [7, 11) is 1.43. The zero-order valence-corrected chi connectivity index (χ0v) is 22.4. The minimum Gasteiger partial charge on any atom is -0.491 e. The van der Waals surface area contributed by atoms with E-state index >= 15 is 0 Å². The van der Waals surface area contributed by atoms with Crippen molar-refractivity contribution in [1.82, 2.24) is 0 Å². The molecule has 2 aromatic carbocycles. The fraction of sp³-hybridized carbons (Fsp3) is 0.536. The van der Waals surface area contributed by atoms with E-state index < -0.39 is 0 Å². The van der Waals surface area contributed by atoms with Crippen molar-refractivity contribution >= 4 is 37.8 Å². The van der Waals surface area contributed by atoms with E-state index in [2.05, 4.69) is 56.1 Å². The van der Waals surface area contributed by atoms with Gasteiger partial charge in [0, 0.05) is 5.41 Å². The van der Waals surface area contributed by atoms with E-state index in [0.717, 1.165) is 33.6 Å². The molecular weight excluding hydrogens is 544 g/mol. The molecule has 3 saturated carbocycles. The molecule has 0 heterocycles. The topological polar surface area (TPSA) is 35.5 Å². The first-order valence-electron chi connectivity index (χ1n) is 12.3. The molecule has 0 aromatic heterocycles. The van der Waals surface area contributed by atoms with Crippen molar-refractivity contribution in [3.05, 3.63) is 62.0 Å². The third kappa shape index (κ3) is 4.40. The number of methoxy groups -OCH3 is 1. The van der Waals surface area contributed by atoms with E-state index in [4.69, 9.17) is 9.47 Å². The van der Waals surface area contributed by atoms with Crippen molar-refractivity contribution in [2.24, 2.45) is 17.8 Å². The van der Waals surface area contributed by atoms with Crippen molar-refractivity contribution < 1.29 is 14.3 Å². The standard InChI is InChI=1S/C28H32Br2O3/c1-32-27(31)20-8-11-21(12-9-20)28(16-19-7-10-22(28)13-19)23-14-24(29)26(25(30)15-23)33-17-18-5-3-2-4-6-18/h8-9,11-12,14-15,18-19,22H,2-7,10,13,16-17H2,1H3. The van der Waals surface area contributed by atoms with E-state index in [0.29, 0.717) is 17.4 Å². The molecular formula is C28H32Br2O3. The molecule has 3 atom stereocenters. The molecule has 0 spiro atoms. The van der Waals surface area contributed by atoms with Crippen LogP contribution in [0, 0.1) is 17.8 Å². The second kappa shape index (κ2) is 9.73. The lowest BCUT2D eigenvalue weighted by Gasteiger charge is -2.39. The van der Waals surface area contributed by atoms with Crippen LogP contribution in [0.2, 0.25) is 0 Å². The van der Waals surface area contributed by atoms with E-state index in [-0.39, 0.29) is 11.4 Å². The van der Waals surface area contributed by atoms with E-state index in [1.54, 1.807) is 0 Å². The number of rotatable bonds is 6. The van der Waals surface area contributed by atoms with Gasteiger partial charge in [-0.3, -0.25) is 0 Å². The summed E-state index contributed by atoms with van der Waals surface area (Å²) in [5.41, 5.74) is 3.22. The normalized spacial score (nSPS) is 27.0. The van der Waals surface area contributed by atoms with Crippen LogP contribution >= 0.6 is 31.9 Å². The summed E-state index contributed by atoms with van der Waals surface area (Å²) < 4.78 is 13.3. The number of fused-ring (bicyclic) bond motifs is 2. The SMILES string of the molecule is COC(=O)c1ccc(C2(c3cc(Br)c(OCC4CCCCC4)c(Br)c3)CC3CCC2C3)cc1. The molecule has 176 valence electrons. The Morgan fingerprint density at radius 2 is 1.67 bits per heavy atom. The van der Waals surface area contributed by atoms with Crippen LogP contribution in [0.1, 0.15) is 79.3 Å². The van der Waals surface area contributed by atoms with Gasteiger partial charge in [0.2, 0.25) is 0 Å². The van der Waals surface area contributed by atoms with E-state index in [1.807, 2.05) is 12.1 Å². The summed E-state index contributed by atoms with van der Waals surface area (Å²) >= 11 is 7.69. The first-order valence-corrected chi connectivity index (χ1v) is 13.9. The number of halogens is 2. The molecule has 0 N–H and O–H groups in total. The first-order chi connectivity index (χ1) is 16.0. The highest BCUT2D eigenvalue weighted by atomic mass is 79.9. The van der Waals surface area contributed by atoms with Gasteiger partial charge in [-0.25, -0.2) is 4.79 Å². The first kappa shape index (κ1) is 23.4. The van der Waals surface area contributed by atoms with Gasteiger partial charge in [0.15, 0.2) is 0 Å². The molecule has 2 bridgehead atoms. The zero-order valence-electron chi connectivity index (χ0n) is 19.2. The lowest BCUT2D eigenvalue weighted by molar-refractivity contribution is 0.0600. The van der Waals surface area contributed by atoms with Crippen molar-refractivity contribution in [3.8, 4) is 5.75 Å². The molecule has 3 aliphatic rings. The van der Waals surface area contributed by atoms with Crippen LogP contribution in [-0.4, -0.2) is 19.7 Å². The van der Waals surface area contributed by atoms with Gasteiger partial charge in [-0.05, 0) is 117 Å². The lowest BCUT2D eigenvalue weighted by atomic mass is 9.64. The fourth-order valence-electron chi connectivity index (χ4n) is 6.74. The lowest BCUT2D eigenvalue weighted by Crippen LogP contribution is -2.34. The molecule has 3 unspecified atom stereocenters. The van der Waals surface area contributed by atoms with E-state index in [1.165, 1.54) is 69.6 Å². The molecule has 0 amide bonds. The Kier molecular flexibility index (Phi) is 6.91. The van der Waals surface area contributed by atoms with Crippen LogP contribution in [0.4, 0.5) is 0 Å². The largest absolute Gasteiger partial charge is 0.491 e. The maximum Gasteiger partial charge on any atom is 0.337 e. The van der Waals surface area contributed by atoms with Crippen LogP contribution < -0.4 is 4.74 Å². The molecule has 33 heavy (non-hydrogen) atoms. The number of carbonyl (C=O) groups excluding carboxylic acids is 1. The highest BCUT2D eigenvalue weighted by molar-refractivity contribution is 9.11. The van der Waals surface area contributed by atoms with Crippen LogP contribution in [0.15, 0.2) is 45.3 Å². The summed E-state index contributed by atoms with van der Waals surface area (Å²) in [6.07, 6.45) is 11.6. The maximum absolute atomic E-state index is 12.0. The predicted molar refractivity (Wildman–Crippen MR) is 138 cm³/mol. The smallest absolute Gasteiger partial charge is 0.337 e. The average Bonchev–Trinajstić information content (AvgIpc) is 3.46. The summed E-state index contributed by atoms with van der Waals surface area (Å²) in [6.45, 7) is 0.793. The van der Waals surface area contributed by atoms with Crippen molar-refractivity contribution in [1.29, 1.82) is 0 Å². The molecule has 0 radical (unpaired) electrons. The van der Waals surface area contributed by atoms with Crippen molar-refractivity contribution in [2.45, 2.75) is 63.2 Å². The van der Waals surface area contributed by atoms with Gasteiger partial charge in [0.05, 0.1) is 28.2 Å². The minimum atomic E-state index is -0.284. The Bertz CT molecular complexity index is 989. The molecule has 5 rings (SSSR count). The quantitative estimate of drug-likeness (QED) is 0.327. The minimum absolute atomic E-state index is 0.0233. The molecule has 3 nitrogen and oxygen atoms in total. The molecule has 3 aliphatic carbocycles. The molecule has 5 heteroatoms. The zero-order chi connectivity index (χ0) is 23.0. The predicted octanol–water partition coefficient (Wildman–Crippen LogP) is 8.06. The highest BCUT2D eigenvalue weighted by Crippen LogP contribution is 2.60. The highest BCUT2D eigenvalue weighted by Gasteiger charge is 2.53. The van der Waals surface area contributed by atoms with Crippen molar-refractivity contribution in [3.63, 3.8) is 0 Å². The average molecular weight is 576 g/mol. The van der Waals surface area contributed by atoms with Crippen molar-refractivity contribution in [2.75, 3.05) is 13.7 Å². The second-order valence-electron chi connectivity index (χ2n) is 10.2. The Balaban J connectivity index is 1.47. The molecule has 2 aromatic rings. The third-order valence-electron chi connectivity index (χ3n) is 8.37.